The fraction of sp³-hybridized carbons (Fsp3) is 0.429. The van der Waals surface area contributed by atoms with Crippen LogP contribution in [0.5, 0.6) is 11.5 Å². The zero-order valence-electron chi connectivity index (χ0n) is 16.1. The SMILES string of the molecule is CCc1cnc(C(=O)NC2CCC(Oc3ccc(C#N)c(OC)c3)CC2)cn1. The van der Waals surface area contributed by atoms with Gasteiger partial charge in [0.15, 0.2) is 0 Å². The summed E-state index contributed by atoms with van der Waals surface area (Å²) in [6, 6.07) is 7.42. The Bertz CT molecular complexity index is 853. The molecule has 3 rings (SSSR count). The average Bonchev–Trinajstić information content (AvgIpc) is 2.75. The van der Waals surface area contributed by atoms with Crippen LogP contribution >= 0.6 is 0 Å². The van der Waals surface area contributed by atoms with E-state index in [1.165, 1.54) is 13.3 Å². The number of nitrogens with zero attached hydrogens (tertiary/aromatic N) is 3. The topological polar surface area (TPSA) is 97.1 Å². The number of methoxy groups -OCH3 is 1. The number of carbonyl (C=O) groups excluding carboxylic acids is 1. The molecule has 0 unspecified atom stereocenters. The Hall–Kier alpha value is -3.14. The molecule has 1 N–H and O–H groups in total. The van der Waals surface area contributed by atoms with Gasteiger partial charge in [-0.05, 0) is 44.2 Å². The summed E-state index contributed by atoms with van der Waals surface area (Å²) in [5.41, 5.74) is 1.70. The average molecular weight is 380 g/mol. The zero-order chi connectivity index (χ0) is 19.9. The molecule has 0 radical (unpaired) electrons. The molecule has 28 heavy (non-hydrogen) atoms. The van der Waals surface area contributed by atoms with Gasteiger partial charge in [0.1, 0.15) is 23.3 Å². The van der Waals surface area contributed by atoms with E-state index >= 15 is 0 Å². The Morgan fingerprint density at radius 2 is 2.04 bits per heavy atom. The number of aromatic nitrogens is 2. The highest BCUT2D eigenvalue weighted by molar-refractivity contribution is 5.92. The van der Waals surface area contributed by atoms with Gasteiger partial charge in [-0.1, -0.05) is 6.92 Å². The summed E-state index contributed by atoms with van der Waals surface area (Å²) in [6.07, 6.45) is 7.40. The lowest BCUT2D eigenvalue weighted by Crippen LogP contribution is -2.40. The number of ether oxygens (including phenoxy) is 2. The number of nitrogens with one attached hydrogen (secondary N) is 1. The summed E-state index contributed by atoms with van der Waals surface area (Å²) in [5.74, 6) is 1.02. The third-order valence-corrected chi connectivity index (χ3v) is 4.91. The van der Waals surface area contributed by atoms with E-state index in [0.717, 1.165) is 37.8 Å². The first-order valence-electron chi connectivity index (χ1n) is 9.49. The Kier molecular flexibility index (Phi) is 6.43. The minimum atomic E-state index is -0.184. The molecule has 1 amide bonds. The lowest BCUT2D eigenvalue weighted by atomic mass is 9.93. The molecule has 0 spiro atoms. The maximum atomic E-state index is 12.3. The van der Waals surface area contributed by atoms with Crippen molar-refractivity contribution >= 4 is 5.91 Å². The molecule has 7 nitrogen and oxygen atoms in total. The largest absolute Gasteiger partial charge is 0.495 e. The van der Waals surface area contributed by atoms with Crippen molar-refractivity contribution in [1.29, 1.82) is 5.26 Å². The number of carbonyl (C=O) groups is 1. The van der Waals surface area contributed by atoms with Crippen molar-refractivity contribution in [2.45, 2.75) is 51.2 Å². The molecule has 0 aliphatic heterocycles. The quantitative estimate of drug-likeness (QED) is 0.827. The third-order valence-electron chi connectivity index (χ3n) is 4.91. The van der Waals surface area contributed by atoms with Crippen molar-refractivity contribution in [1.82, 2.24) is 15.3 Å². The summed E-state index contributed by atoms with van der Waals surface area (Å²) in [7, 11) is 1.54. The van der Waals surface area contributed by atoms with Crippen molar-refractivity contribution in [2.75, 3.05) is 7.11 Å². The normalized spacial score (nSPS) is 18.8. The van der Waals surface area contributed by atoms with E-state index in [-0.39, 0.29) is 18.1 Å². The standard InChI is InChI=1S/C21H24N4O3/c1-3-15-12-24-19(13-23-15)21(26)25-16-5-8-17(9-6-16)28-18-7-4-14(11-22)20(10-18)27-2/h4,7,10,12-13,16-17H,3,5-6,8-9H2,1-2H3,(H,25,26). The Balaban J connectivity index is 1.50. The Morgan fingerprint density at radius 3 is 2.64 bits per heavy atom. The molecule has 0 atom stereocenters. The number of benzene rings is 1. The van der Waals surface area contributed by atoms with E-state index in [1.807, 2.05) is 6.92 Å². The fourth-order valence-electron chi connectivity index (χ4n) is 3.27. The molecule has 1 aliphatic carbocycles. The number of rotatable bonds is 6. The molecule has 2 aromatic rings. The van der Waals surface area contributed by atoms with Crippen molar-refractivity contribution < 1.29 is 14.3 Å². The van der Waals surface area contributed by atoms with Gasteiger partial charge < -0.3 is 14.8 Å². The lowest BCUT2D eigenvalue weighted by Gasteiger charge is -2.29. The smallest absolute Gasteiger partial charge is 0.271 e. The maximum absolute atomic E-state index is 12.3. The second-order valence-electron chi connectivity index (χ2n) is 6.79. The molecule has 0 bridgehead atoms. The summed E-state index contributed by atoms with van der Waals surface area (Å²) in [4.78, 5) is 20.7. The molecule has 1 saturated carbocycles. The predicted octanol–water partition coefficient (Wildman–Crippen LogP) is 3.04. The molecule has 1 aromatic heterocycles. The first kappa shape index (κ1) is 19.6. The molecule has 0 saturated heterocycles. The highest BCUT2D eigenvalue weighted by Crippen LogP contribution is 2.28. The number of hydrogen-bond donors (Lipinski definition) is 1. The second-order valence-corrected chi connectivity index (χ2v) is 6.79. The first-order chi connectivity index (χ1) is 13.6. The molecule has 1 fully saturated rings. The molecule has 146 valence electrons. The van der Waals surface area contributed by atoms with Crippen LogP contribution in [0.15, 0.2) is 30.6 Å². The predicted molar refractivity (Wildman–Crippen MR) is 103 cm³/mol. The summed E-state index contributed by atoms with van der Waals surface area (Å²) >= 11 is 0. The van der Waals surface area contributed by atoms with Gasteiger partial charge in [-0.15, -0.1) is 0 Å². The van der Waals surface area contributed by atoms with E-state index in [1.54, 1.807) is 24.4 Å². The molecule has 7 heteroatoms. The van der Waals surface area contributed by atoms with E-state index in [4.69, 9.17) is 14.7 Å². The van der Waals surface area contributed by atoms with Crippen LogP contribution in [0.3, 0.4) is 0 Å². The molecular formula is C21H24N4O3. The Morgan fingerprint density at radius 1 is 1.25 bits per heavy atom. The fourth-order valence-corrected chi connectivity index (χ4v) is 3.27. The van der Waals surface area contributed by atoms with Crippen LogP contribution < -0.4 is 14.8 Å². The van der Waals surface area contributed by atoms with Crippen molar-refractivity contribution in [3.05, 3.63) is 47.5 Å². The number of nitriles is 1. The maximum Gasteiger partial charge on any atom is 0.271 e. The summed E-state index contributed by atoms with van der Waals surface area (Å²) < 4.78 is 11.3. The minimum absolute atomic E-state index is 0.0782. The van der Waals surface area contributed by atoms with Gasteiger partial charge in [-0.3, -0.25) is 9.78 Å². The highest BCUT2D eigenvalue weighted by Gasteiger charge is 2.24. The minimum Gasteiger partial charge on any atom is -0.495 e. The van der Waals surface area contributed by atoms with Crippen LogP contribution in [-0.4, -0.2) is 35.1 Å². The first-order valence-corrected chi connectivity index (χ1v) is 9.49. The van der Waals surface area contributed by atoms with Gasteiger partial charge >= 0.3 is 0 Å². The van der Waals surface area contributed by atoms with Crippen molar-refractivity contribution in [3.8, 4) is 17.6 Å². The van der Waals surface area contributed by atoms with Crippen LogP contribution in [-0.2, 0) is 6.42 Å². The zero-order valence-corrected chi connectivity index (χ0v) is 16.1. The number of aryl methyl sites for hydroxylation is 1. The van der Waals surface area contributed by atoms with Crippen LogP contribution in [0, 0.1) is 11.3 Å². The summed E-state index contributed by atoms with van der Waals surface area (Å²) in [6.45, 7) is 2.00. The highest BCUT2D eigenvalue weighted by atomic mass is 16.5. The van der Waals surface area contributed by atoms with E-state index < -0.39 is 0 Å². The molecule has 1 aromatic carbocycles. The summed E-state index contributed by atoms with van der Waals surface area (Å²) in [5, 5.41) is 12.1. The van der Waals surface area contributed by atoms with E-state index in [0.29, 0.717) is 22.8 Å². The number of hydrogen-bond acceptors (Lipinski definition) is 6. The van der Waals surface area contributed by atoms with Gasteiger partial charge in [0.2, 0.25) is 0 Å². The van der Waals surface area contributed by atoms with Crippen LogP contribution in [0.1, 0.15) is 54.4 Å². The van der Waals surface area contributed by atoms with E-state index in [2.05, 4.69) is 21.4 Å². The van der Waals surface area contributed by atoms with Crippen molar-refractivity contribution in [2.24, 2.45) is 0 Å². The van der Waals surface area contributed by atoms with Gasteiger partial charge in [0.25, 0.3) is 5.91 Å². The van der Waals surface area contributed by atoms with Gasteiger partial charge in [0, 0.05) is 18.3 Å². The van der Waals surface area contributed by atoms with Crippen LogP contribution in [0.2, 0.25) is 0 Å². The van der Waals surface area contributed by atoms with Crippen LogP contribution in [0.25, 0.3) is 0 Å². The number of amides is 1. The molecule has 1 aliphatic rings. The molecule has 1 heterocycles. The Labute approximate surface area is 164 Å². The lowest BCUT2D eigenvalue weighted by molar-refractivity contribution is 0.0888. The third kappa shape index (κ3) is 4.77. The second kappa shape index (κ2) is 9.18. The van der Waals surface area contributed by atoms with Crippen LogP contribution in [0.4, 0.5) is 0 Å². The van der Waals surface area contributed by atoms with Gasteiger partial charge in [-0.2, -0.15) is 5.26 Å². The molecular weight excluding hydrogens is 356 g/mol. The van der Waals surface area contributed by atoms with Gasteiger partial charge in [-0.25, -0.2) is 4.98 Å². The van der Waals surface area contributed by atoms with Gasteiger partial charge in [0.05, 0.1) is 30.7 Å². The van der Waals surface area contributed by atoms with Crippen molar-refractivity contribution in [3.63, 3.8) is 0 Å². The van der Waals surface area contributed by atoms with E-state index in [9.17, 15) is 4.79 Å². The monoisotopic (exact) mass is 380 g/mol.